The lowest BCUT2D eigenvalue weighted by molar-refractivity contribution is -0.144. The summed E-state index contributed by atoms with van der Waals surface area (Å²) in [5, 5.41) is 24.7. The fourth-order valence-electron chi connectivity index (χ4n) is 2.39. The Morgan fingerprint density at radius 1 is 0.839 bits per heavy atom. The topological polar surface area (TPSA) is 231 Å². The number of carbonyl (C=O) groups is 6. The van der Waals surface area contributed by atoms with Crippen LogP contribution in [0, 0.1) is 5.92 Å². The number of rotatable bonds is 14. The largest absolute Gasteiger partial charge is 0.481 e. The molecule has 4 unspecified atom stereocenters. The van der Waals surface area contributed by atoms with Crippen molar-refractivity contribution in [1.29, 1.82) is 0 Å². The molecule has 4 atom stereocenters. The molecule has 0 aliphatic heterocycles. The Hall–Kier alpha value is -2.87. The monoisotopic (exact) mass is 463 g/mol. The second-order valence-corrected chi connectivity index (χ2v) is 7.57. The van der Waals surface area contributed by atoms with Gasteiger partial charge in [0.2, 0.25) is 23.6 Å². The van der Waals surface area contributed by atoms with E-state index in [9.17, 15) is 28.8 Å². The summed E-state index contributed by atoms with van der Waals surface area (Å²) in [7, 11) is 0. The second kappa shape index (κ2) is 13.4. The van der Waals surface area contributed by atoms with E-state index in [1.54, 1.807) is 13.8 Å². The second-order valence-electron chi connectivity index (χ2n) is 7.21. The highest BCUT2D eigenvalue weighted by atomic mass is 32.1. The number of nitrogens with one attached hydrogen (secondary N) is 3. The first-order valence-electron chi connectivity index (χ1n) is 9.28. The SMILES string of the molecule is CC(C)CC(NC(=O)C(N)CS)C(=O)NC(CC(=O)O)C(=O)NC(CC(N)=O)C(=O)O. The normalized spacial score (nSPS) is 14.6. The molecule has 176 valence electrons. The summed E-state index contributed by atoms with van der Waals surface area (Å²) in [5.74, 6) is -6.76. The standard InChI is InChI=1S/C17H29N5O8S/c1-7(2)3-9(20-14(26)8(18)6-31)15(27)21-10(5-13(24)25)16(28)22-11(17(29)30)4-12(19)23/h7-11,31H,3-6,18H2,1-2H3,(H2,19,23)(H,20,26)(H,21,27)(H,22,28)(H,24,25)(H,29,30). The van der Waals surface area contributed by atoms with Crippen LogP contribution in [0.15, 0.2) is 0 Å². The Labute approximate surface area is 184 Å². The number of thiol groups is 1. The van der Waals surface area contributed by atoms with Gasteiger partial charge in [-0.1, -0.05) is 13.8 Å². The quantitative estimate of drug-likeness (QED) is 0.124. The Kier molecular flexibility index (Phi) is 12.2. The van der Waals surface area contributed by atoms with Crippen molar-refractivity contribution in [2.45, 2.75) is 57.3 Å². The van der Waals surface area contributed by atoms with Crippen LogP contribution >= 0.6 is 12.6 Å². The highest BCUT2D eigenvalue weighted by Gasteiger charge is 2.32. The molecule has 0 heterocycles. The predicted molar refractivity (Wildman–Crippen MR) is 111 cm³/mol. The Balaban J connectivity index is 5.51. The lowest BCUT2D eigenvalue weighted by Gasteiger charge is -2.25. The van der Waals surface area contributed by atoms with Crippen LogP contribution in [0.2, 0.25) is 0 Å². The molecule has 0 fully saturated rings. The molecule has 0 saturated heterocycles. The van der Waals surface area contributed by atoms with Gasteiger partial charge in [0, 0.05) is 5.75 Å². The molecule has 0 spiro atoms. The van der Waals surface area contributed by atoms with Gasteiger partial charge in [-0.05, 0) is 12.3 Å². The summed E-state index contributed by atoms with van der Waals surface area (Å²) in [5.41, 5.74) is 10.5. The molecule has 31 heavy (non-hydrogen) atoms. The molecule has 0 aliphatic rings. The number of aliphatic carboxylic acids is 2. The van der Waals surface area contributed by atoms with Crippen molar-refractivity contribution in [3.63, 3.8) is 0 Å². The number of nitrogens with two attached hydrogens (primary N) is 2. The Bertz CT molecular complexity index is 702. The highest BCUT2D eigenvalue weighted by Crippen LogP contribution is 2.07. The van der Waals surface area contributed by atoms with Gasteiger partial charge < -0.3 is 37.6 Å². The van der Waals surface area contributed by atoms with Gasteiger partial charge in [0.1, 0.15) is 18.1 Å². The van der Waals surface area contributed by atoms with Crippen LogP contribution in [0.1, 0.15) is 33.1 Å². The van der Waals surface area contributed by atoms with Crippen LogP contribution in [0.5, 0.6) is 0 Å². The van der Waals surface area contributed by atoms with E-state index < -0.39 is 72.6 Å². The van der Waals surface area contributed by atoms with E-state index >= 15 is 0 Å². The minimum absolute atomic E-state index is 0.0162. The molecule has 0 aliphatic carbocycles. The van der Waals surface area contributed by atoms with Crippen molar-refractivity contribution in [1.82, 2.24) is 16.0 Å². The third-order valence-corrected chi connectivity index (χ3v) is 4.30. The lowest BCUT2D eigenvalue weighted by Crippen LogP contribution is -2.58. The molecule has 0 saturated carbocycles. The number of carboxylic acids is 2. The van der Waals surface area contributed by atoms with Crippen LogP contribution in [0.25, 0.3) is 0 Å². The molecule has 0 aromatic carbocycles. The number of hydrogen-bond acceptors (Lipinski definition) is 8. The van der Waals surface area contributed by atoms with Crippen LogP contribution in [0.4, 0.5) is 0 Å². The molecule has 13 nitrogen and oxygen atoms in total. The molecule has 0 aromatic heterocycles. The maximum absolute atomic E-state index is 12.7. The van der Waals surface area contributed by atoms with Crippen LogP contribution in [0.3, 0.4) is 0 Å². The fourth-order valence-corrected chi connectivity index (χ4v) is 2.56. The predicted octanol–water partition coefficient (Wildman–Crippen LogP) is -2.82. The van der Waals surface area contributed by atoms with Gasteiger partial charge in [0.25, 0.3) is 0 Å². The summed E-state index contributed by atoms with van der Waals surface area (Å²) >= 11 is 3.91. The molecule has 0 aromatic rings. The molecular formula is C17H29N5O8S. The summed E-state index contributed by atoms with van der Waals surface area (Å²) in [6, 6.07) is -5.51. The minimum atomic E-state index is -1.71. The number of primary amides is 1. The number of carboxylic acid groups (broad SMARTS) is 2. The Morgan fingerprint density at radius 2 is 1.32 bits per heavy atom. The van der Waals surface area contributed by atoms with Crippen LogP contribution < -0.4 is 27.4 Å². The van der Waals surface area contributed by atoms with E-state index in [1.807, 2.05) is 5.32 Å². The molecule has 0 radical (unpaired) electrons. The van der Waals surface area contributed by atoms with Crippen LogP contribution in [-0.2, 0) is 28.8 Å². The van der Waals surface area contributed by atoms with Crippen LogP contribution in [-0.4, -0.2) is 75.7 Å². The molecular weight excluding hydrogens is 434 g/mol. The molecule has 9 N–H and O–H groups in total. The minimum Gasteiger partial charge on any atom is -0.481 e. The molecule has 14 heteroatoms. The average molecular weight is 464 g/mol. The van der Waals surface area contributed by atoms with Crippen molar-refractivity contribution >= 4 is 48.2 Å². The van der Waals surface area contributed by atoms with Crippen molar-refractivity contribution in [3.05, 3.63) is 0 Å². The van der Waals surface area contributed by atoms with Gasteiger partial charge in [-0.15, -0.1) is 0 Å². The van der Waals surface area contributed by atoms with E-state index in [-0.39, 0.29) is 18.1 Å². The van der Waals surface area contributed by atoms with Gasteiger partial charge in [-0.3, -0.25) is 24.0 Å². The highest BCUT2D eigenvalue weighted by molar-refractivity contribution is 7.80. The van der Waals surface area contributed by atoms with E-state index in [2.05, 4.69) is 23.3 Å². The van der Waals surface area contributed by atoms with E-state index in [1.165, 1.54) is 0 Å². The summed E-state index contributed by atoms with van der Waals surface area (Å²) < 4.78 is 0. The molecule has 4 amide bonds. The van der Waals surface area contributed by atoms with Gasteiger partial charge in [-0.25, -0.2) is 4.79 Å². The van der Waals surface area contributed by atoms with E-state index in [4.69, 9.17) is 21.7 Å². The van der Waals surface area contributed by atoms with Crippen molar-refractivity contribution in [2.75, 3.05) is 5.75 Å². The van der Waals surface area contributed by atoms with Gasteiger partial charge in [0.05, 0.1) is 18.9 Å². The van der Waals surface area contributed by atoms with Crippen molar-refractivity contribution < 1.29 is 39.0 Å². The smallest absolute Gasteiger partial charge is 0.326 e. The third-order valence-electron chi connectivity index (χ3n) is 3.91. The number of carbonyl (C=O) groups excluding carboxylic acids is 4. The number of hydrogen-bond donors (Lipinski definition) is 8. The lowest BCUT2D eigenvalue weighted by atomic mass is 10.0. The summed E-state index contributed by atoms with van der Waals surface area (Å²) in [4.78, 5) is 70.4. The first kappa shape index (κ1) is 28.1. The zero-order valence-corrected chi connectivity index (χ0v) is 18.1. The first-order valence-corrected chi connectivity index (χ1v) is 9.92. The fraction of sp³-hybridized carbons (Fsp3) is 0.647. The van der Waals surface area contributed by atoms with E-state index in [0.717, 1.165) is 0 Å². The zero-order valence-electron chi connectivity index (χ0n) is 17.2. The van der Waals surface area contributed by atoms with Gasteiger partial charge >= 0.3 is 11.9 Å². The molecule has 0 bridgehead atoms. The average Bonchev–Trinajstić information content (AvgIpc) is 2.64. The third kappa shape index (κ3) is 11.2. The zero-order chi connectivity index (χ0) is 24.3. The van der Waals surface area contributed by atoms with Gasteiger partial charge in [-0.2, -0.15) is 12.6 Å². The molecule has 0 rings (SSSR count). The van der Waals surface area contributed by atoms with E-state index in [0.29, 0.717) is 0 Å². The van der Waals surface area contributed by atoms with Crippen molar-refractivity contribution in [3.8, 4) is 0 Å². The maximum Gasteiger partial charge on any atom is 0.326 e. The number of amides is 4. The summed E-state index contributed by atoms with van der Waals surface area (Å²) in [6.07, 6.45) is -1.46. The van der Waals surface area contributed by atoms with Gasteiger partial charge in [0.15, 0.2) is 0 Å². The van der Waals surface area contributed by atoms with Crippen molar-refractivity contribution in [2.24, 2.45) is 17.4 Å². The summed E-state index contributed by atoms with van der Waals surface area (Å²) in [6.45, 7) is 3.54. The first-order chi connectivity index (χ1) is 14.3. The maximum atomic E-state index is 12.7. The Morgan fingerprint density at radius 3 is 1.74 bits per heavy atom.